The van der Waals surface area contributed by atoms with Gasteiger partial charge in [-0.25, -0.2) is 0 Å². The zero-order valence-electron chi connectivity index (χ0n) is 14.2. The number of carbonyl (C=O) groups excluding carboxylic acids is 1. The van der Waals surface area contributed by atoms with Gasteiger partial charge in [-0.3, -0.25) is 4.79 Å². The molecule has 134 valence electrons. The molecule has 0 aliphatic rings. The molecule has 1 aromatic rings. The van der Waals surface area contributed by atoms with Crippen LogP contribution in [0.1, 0.15) is 43.2 Å². The summed E-state index contributed by atoms with van der Waals surface area (Å²) in [5.41, 5.74) is 7.87. The number of unbranched alkanes of at least 4 members (excludes halogenated alkanes) is 3. The number of nitrogens with one attached hydrogen (secondary N) is 1. The summed E-state index contributed by atoms with van der Waals surface area (Å²) in [4.78, 5) is 13.9. The molecular weight excluding hydrogens is 333 g/mol. The Balaban J connectivity index is 0. The molecule has 0 fully saturated rings. The van der Waals surface area contributed by atoms with Crippen LogP contribution in [0.4, 0.5) is 0 Å². The van der Waals surface area contributed by atoms with Crippen molar-refractivity contribution in [2.24, 2.45) is 5.73 Å². The van der Waals surface area contributed by atoms with E-state index in [-0.39, 0.29) is 30.7 Å². The van der Waals surface area contributed by atoms with Crippen molar-refractivity contribution in [1.82, 2.24) is 10.2 Å². The van der Waals surface area contributed by atoms with E-state index in [1.54, 1.807) is 0 Å². The summed E-state index contributed by atoms with van der Waals surface area (Å²) >= 11 is 0. The van der Waals surface area contributed by atoms with Gasteiger partial charge < -0.3 is 16.0 Å². The van der Waals surface area contributed by atoms with Gasteiger partial charge in [-0.1, -0.05) is 37.1 Å². The number of hydrogen-bond acceptors (Lipinski definition) is 3. The molecule has 0 bridgehead atoms. The van der Waals surface area contributed by atoms with Gasteiger partial charge in [0.15, 0.2) is 0 Å². The molecule has 4 nitrogen and oxygen atoms in total. The van der Waals surface area contributed by atoms with E-state index in [2.05, 4.69) is 42.5 Å². The second-order valence-corrected chi connectivity index (χ2v) is 5.79. The summed E-state index contributed by atoms with van der Waals surface area (Å²) in [6, 6.07) is 8.37. The van der Waals surface area contributed by atoms with Gasteiger partial charge in [0.2, 0.25) is 5.91 Å². The molecule has 1 aromatic carbocycles. The van der Waals surface area contributed by atoms with Crippen molar-refractivity contribution >= 4 is 30.7 Å². The maximum Gasteiger partial charge on any atom is 0.220 e. The third kappa shape index (κ3) is 12.3. The number of rotatable bonds is 10. The van der Waals surface area contributed by atoms with Crippen LogP contribution in [0.5, 0.6) is 0 Å². The quantitative estimate of drug-likeness (QED) is 0.627. The molecule has 0 aromatic heterocycles. The molecule has 0 saturated carbocycles. The van der Waals surface area contributed by atoms with Gasteiger partial charge >= 0.3 is 0 Å². The van der Waals surface area contributed by atoms with Crippen molar-refractivity contribution in [2.45, 2.75) is 45.2 Å². The molecule has 23 heavy (non-hydrogen) atoms. The Bertz CT molecular complexity index is 428. The Morgan fingerprint density at radius 3 is 2.39 bits per heavy atom. The molecule has 6 heteroatoms. The minimum absolute atomic E-state index is 0. The minimum Gasteiger partial charge on any atom is -0.352 e. The first-order valence-electron chi connectivity index (χ1n) is 7.81. The molecule has 1 rings (SSSR count). The van der Waals surface area contributed by atoms with Crippen molar-refractivity contribution in [3.8, 4) is 0 Å². The van der Waals surface area contributed by atoms with Crippen LogP contribution in [0, 0.1) is 0 Å². The molecule has 0 radical (unpaired) electrons. The normalized spacial score (nSPS) is 9.91. The highest BCUT2D eigenvalue weighted by Crippen LogP contribution is 2.07. The van der Waals surface area contributed by atoms with Crippen LogP contribution < -0.4 is 11.1 Å². The van der Waals surface area contributed by atoms with Gasteiger partial charge in [0.05, 0.1) is 0 Å². The minimum atomic E-state index is 0. The predicted molar refractivity (Wildman–Crippen MR) is 102 cm³/mol. The van der Waals surface area contributed by atoms with Crippen molar-refractivity contribution in [3.63, 3.8) is 0 Å². The lowest BCUT2D eigenvalue weighted by atomic mass is 10.1. The van der Waals surface area contributed by atoms with E-state index in [0.717, 1.165) is 44.3 Å². The summed E-state index contributed by atoms with van der Waals surface area (Å²) in [5.74, 6) is 0.140. The van der Waals surface area contributed by atoms with Crippen molar-refractivity contribution in [2.75, 3.05) is 20.6 Å². The molecule has 3 N–H and O–H groups in total. The SMILES string of the molecule is CN(C)Cc1cccc(CNC(=O)CCCCCCN)c1.Cl.Cl. The molecule has 0 unspecified atom stereocenters. The smallest absolute Gasteiger partial charge is 0.220 e. The van der Waals surface area contributed by atoms with Crippen LogP contribution in [0.3, 0.4) is 0 Å². The van der Waals surface area contributed by atoms with E-state index in [1.165, 1.54) is 5.56 Å². The third-order valence-electron chi connectivity index (χ3n) is 3.34. The number of nitrogens with zero attached hydrogens (tertiary/aromatic N) is 1. The highest BCUT2D eigenvalue weighted by molar-refractivity contribution is 5.85. The van der Waals surface area contributed by atoms with E-state index in [4.69, 9.17) is 5.73 Å². The molecule has 0 aliphatic carbocycles. The zero-order chi connectivity index (χ0) is 15.5. The van der Waals surface area contributed by atoms with Crippen LogP contribution in [0.25, 0.3) is 0 Å². The fourth-order valence-corrected chi connectivity index (χ4v) is 2.28. The largest absolute Gasteiger partial charge is 0.352 e. The third-order valence-corrected chi connectivity index (χ3v) is 3.34. The van der Waals surface area contributed by atoms with E-state index in [1.807, 2.05) is 6.07 Å². The van der Waals surface area contributed by atoms with Crippen LogP contribution in [-0.4, -0.2) is 31.4 Å². The second-order valence-electron chi connectivity index (χ2n) is 5.79. The zero-order valence-corrected chi connectivity index (χ0v) is 15.8. The molecule has 1 amide bonds. The fraction of sp³-hybridized carbons (Fsp3) is 0.588. The Kier molecular flexibility index (Phi) is 15.7. The number of amides is 1. The van der Waals surface area contributed by atoms with Gasteiger partial charge in [0.1, 0.15) is 0 Å². The summed E-state index contributed by atoms with van der Waals surface area (Å²) in [6.07, 6.45) is 4.83. The van der Waals surface area contributed by atoms with Gasteiger partial charge in [0, 0.05) is 19.5 Å². The second kappa shape index (κ2) is 14.8. The van der Waals surface area contributed by atoms with Gasteiger partial charge in [-0.2, -0.15) is 0 Å². The summed E-state index contributed by atoms with van der Waals surface area (Å²) in [7, 11) is 4.11. The van der Waals surface area contributed by atoms with Crippen molar-refractivity contribution < 1.29 is 4.79 Å². The standard InChI is InChI=1S/C17H29N3O.2ClH/c1-20(2)14-16-9-7-8-15(12-16)13-19-17(21)10-5-3-4-6-11-18;;/h7-9,12H,3-6,10-11,13-14,18H2,1-2H3,(H,19,21);2*1H. The van der Waals surface area contributed by atoms with Crippen molar-refractivity contribution in [1.29, 1.82) is 0 Å². The van der Waals surface area contributed by atoms with Crippen LogP contribution >= 0.6 is 24.8 Å². The number of nitrogens with two attached hydrogens (primary N) is 1. The summed E-state index contributed by atoms with van der Waals surface area (Å²) in [5, 5.41) is 2.99. The molecule has 0 aliphatic heterocycles. The average Bonchev–Trinajstić information content (AvgIpc) is 2.44. The number of halogens is 2. The van der Waals surface area contributed by atoms with E-state index >= 15 is 0 Å². The Morgan fingerprint density at radius 2 is 1.74 bits per heavy atom. The highest BCUT2D eigenvalue weighted by atomic mass is 35.5. The molecule has 0 atom stereocenters. The number of carbonyl (C=O) groups is 1. The van der Waals surface area contributed by atoms with Crippen LogP contribution in [0.15, 0.2) is 24.3 Å². The number of hydrogen-bond donors (Lipinski definition) is 2. The lowest BCUT2D eigenvalue weighted by Gasteiger charge is -2.11. The Morgan fingerprint density at radius 1 is 1.09 bits per heavy atom. The van der Waals surface area contributed by atoms with Crippen LogP contribution in [0.2, 0.25) is 0 Å². The van der Waals surface area contributed by atoms with Gasteiger partial charge in [0.25, 0.3) is 0 Å². The molecule has 0 saturated heterocycles. The molecular formula is C17H31Cl2N3O. The first-order valence-corrected chi connectivity index (χ1v) is 7.81. The van der Waals surface area contributed by atoms with Gasteiger partial charge in [-0.05, 0) is 44.6 Å². The highest BCUT2D eigenvalue weighted by Gasteiger charge is 2.02. The molecule has 0 heterocycles. The summed E-state index contributed by atoms with van der Waals surface area (Å²) in [6.45, 7) is 2.28. The average molecular weight is 364 g/mol. The Hall–Kier alpha value is -0.810. The monoisotopic (exact) mass is 363 g/mol. The van der Waals surface area contributed by atoms with Gasteiger partial charge in [-0.15, -0.1) is 24.8 Å². The van der Waals surface area contributed by atoms with E-state index in [9.17, 15) is 4.79 Å². The van der Waals surface area contributed by atoms with E-state index in [0.29, 0.717) is 13.0 Å². The van der Waals surface area contributed by atoms with E-state index < -0.39 is 0 Å². The maximum atomic E-state index is 11.8. The lowest BCUT2D eigenvalue weighted by Crippen LogP contribution is -2.22. The van der Waals surface area contributed by atoms with Crippen molar-refractivity contribution in [3.05, 3.63) is 35.4 Å². The number of benzene rings is 1. The first-order chi connectivity index (χ1) is 10.1. The lowest BCUT2D eigenvalue weighted by molar-refractivity contribution is -0.121. The fourth-order valence-electron chi connectivity index (χ4n) is 2.28. The van der Waals surface area contributed by atoms with Crippen LogP contribution in [-0.2, 0) is 17.9 Å². The summed E-state index contributed by atoms with van der Waals surface area (Å²) < 4.78 is 0. The Labute approximate surface area is 153 Å². The predicted octanol–water partition coefficient (Wildman–Crippen LogP) is 3.12. The topological polar surface area (TPSA) is 58.4 Å². The first kappa shape index (κ1) is 24.4. The maximum absolute atomic E-state index is 11.8. The molecule has 0 spiro atoms.